The van der Waals surface area contributed by atoms with Crippen molar-refractivity contribution in [2.45, 2.75) is 31.9 Å². The van der Waals surface area contributed by atoms with Crippen molar-refractivity contribution < 1.29 is 27.1 Å². The highest BCUT2D eigenvalue weighted by Crippen LogP contribution is 2.30. The Bertz CT molecular complexity index is 1040. The second-order valence-electron chi connectivity index (χ2n) is 6.36. The van der Waals surface area contributed by atoms with Crippen molar-refractivity contribution in [3.05, 3.63) is 65.0 Å². The first-order valence-electron chi connectivity index (χ1n) is 8.83. The Balaban J connectivity index is 1.50. The Morgan fingerprint density at radius 1 is 1.17 bits per heavy atom. The average Bonchev–Trinajstić information content (AvgIpc) is 3.15. The van der Waals surface area contributed by atoms with Crippen molar-refractivity contribution in [2.24, 2.45) is 0 Å². The predicted octanol–water partition coefficient (Wildman–Crippen LogP) is 5.02. The van der Waals surface area contributed by atoms with Crippen LogP contribution < -0.4 is 10.1 Å². The number of carbonyl (C=O) groups is 1. The smallest absolute Gasteiger partial charge is 0.416 e. The number of thioether (sulfide) groups is 1. The van der Waals surface area contributed by atoms with E-state index < -0.39 is 17.6 Å². The van der Waals surface area contributed by atoms with Crippen LogP contribution in [0.5, 0.6) is 5.75 Å². The molecule has 0 atom stereocenters. The van der Waals surface area contributed by atoms with E-state index in [9.17, 15) is 18.0 Å². The van der Waals surface area contributed by atoms with Crippen LogP contribution >= 0.6 is 11.8 Å². The molecule has 2 aromatic carbocycles. The van der Waals surface area contributed by atoms with Crippen molar-refractivity contribution in [2.75, 3.05) is 11.1 Å². The van der Waals surface area contributed by atoms with E-state index in [1.165, 1.54) is 12.1 Å². The largest absolute Gasteiger partial charge is 0.484 e. The van der Waals surface area contributed by atoms with Gasteiger partial charge in [0.25, 0.3) is 11.1 Å². The highest BCUT2D eigenvalue weighted by atomic mass is 32.2. The number of alkyl halides is 3. The highest BCUT2D eigenvalue weighted by molar-refractivity contribution is 7.99. The summed E-state index contributed by atoms with van der Waals surface area (Å²) in [6, 6.07) is 10.1. The SMILES string of the molecule is Cc1cccc(OCc2nnc(SCC(=O)Nc3cccc(C(F)(F)F)c3)o2)c1C. The monoisotopic (exact) mass is 437 g/mol. The van der Waals surface area contributed by atoms with Gasteiger partial charge in [0.15, 0.2) is 6.61 Å². The van der Waals surface area contributed by atoms with Crippen LogP contribution in [0, 0.1) is 13.8 Å². The zero-order chi connectivity index (χ0) is 21.7. The lowest BCUT2D eigenvalue weighted by Crippen LogP contribution is -2.15. The fraction of sp³-hybridized carbons (Fsp3) is 0.250. The number of hydrogen-bond donors (Lipinski definition) is 1. The molecule has 3 aromatic rings. The maximum atomic E-state index is 12.7. The van der Waals surface area contributed by atoms with Gasteiger partial charge in [-0.2, -0.15) is 13.2 Å². The van der Waals surface area contributed by atoms with E-state index in [4.69, 9.17) is 9.15 Å². The van der Waals surface area contributed by atoms with Gasteiger partial charge in [0, 0.05) is 5.69 Å². The lowest BCUT2D eigenvalue weighted by atomic mass is 10.1. The number of rotatable bonds is 7. The number of hydrogen-bond acceptors (Lipinski definition) is 6. The maximum Gasteiger partial charge on any atom is 0.416 e. The Hall–Kier alpha value is -3.01. The van der Waals surface area contributed by atoms with E-state index in [1.54, 1.807) is 0 Å². The first kappa shape index (κ1) is 21.7. The molecule has 0 fully saturated rings. The molecular formula is C20H18F3N3O3S. The average molecular weight is 437 g/mol. The zero-order valence-electron chi connectivity index (χ0n) is 16.1. The van der Waals surface area contributed by atoms with Gasteiger partial charge in [-0.1, -0.05) is 30.0 Å². The van der Waals surface area contributed by atoms with Gasteiger partial charge in [-0.05, 0) is 49.2 Å². The van der Waals surface area contributed by atoms with Gasteiger partial charge in [0.1, 0.15) is 5.75 Å². The summed E-state index contributed by atoms with van der Waals surface area (Å²) in [5.74, 6) is 0.362. The topological polar surface area (TPSA) is 77.2 Å². The number of nitrogens with one attached hydrogen (secondary N) is 1. The van der Waals surface area contributed by atoms with Crippen molar-refractivity contribution in [1.29, 1.82) is 0 Å². The second-order valence-corrected chi connectivity index (χ2v) is 7.29. The fourth-order valence-electron chi connectivity index (χ4n) is 2.47. The summed E-state index contributed by atoms with van der Waals surface area (Å²) in [5, 5.41) is 10.3. The minimum Gasteiger partial charge on any atom is -0.484 e. The zero-order valence-corrected chi connectivity index (χ0v) is 16.9. The summed E-state index contributed by atoms with van der Waals surface area (Å²) in [6.45, 7) is 4.01. The molecule has 10 heteroatoms. The van der Waals surface area contributed by atoms with Crippen LogP contribution in [0.4, 0.5) is 18.9 Å². The Morgan fingerprint density at radius 2 is 1.93 bits per heavy atom. The summed E-state index contributed by atoms with van der Waals surface area (Å²) >= 11 is 0.976. The van der Waals surface area contributed by atoms with E-state index >= 15 is 0 Å². The Labute approximate surface area is 174 Å². The number of halogens is 3. The maximum absolute atomic E-state index is 12.7. The number of anilines is 1. The third-order valence-corrected chi connectivity index (χ3v) is 4.97. The molecule has 1 aromatic heterocycles. The molecule has 0 radical (unpaired) electrons. The van der Waals surface area contributed by atoms with E-state index in [0.29, 0.717) is 5.75 Å². The van der Waals surface area contributed by atoms with Crippen molar-refractivity contribution in [1.82, 2.24) is 10.2 Å². The summed E-state index contributed by atoms with van der Waals surface area (Å²) in [4.78, 5) is 12.0. The molecule has 0 aliphatic rings. The molecule has 0 unspecified atom stereocenters. The lowest BCUT2D eigenvalue weighted by molar-refractivity contribution is -0.137. The van der Waals surface area contributed by atoms with Crippen LogP contribution in [0.2, 0.25) is 0 Å². The molecule has 0 aliphatic carbocycles. The quantitative estimate of drug-likeness (QED) is 0.524. The number of amides is 1. The van der Waals surface area contributed by atoms with Crippen LogP contribution in [0.3, 0.4) is 0 Å². The molecule has 158 valence electrons. The van der Waals surface area contributed by atoms with E-state index in [1.807, 2.05) is 32.0 Å². The van der Waals surface area contributed by atoms with Crippen LogP contribution in [0.1, 0.15) is 22.6 Å². The minimum atomic E-state index is -4.48. The third-order valence-electron chi connectivity index (χ3n) is 4.15. The fourth-order valence-corrected chi connectivity index (χ4v) is 3.05. The number of benzene rings is 2. The summed E-state index contributed by atoms with van der Waals surface area (Å²) < 4.78 is 49.3. The molecule has 1 N–H and O–H groups in total. The Morgan fingerprint density at radius 3 is 2.70 bits per heavy atom. The van der Waals surface area contributed by atoms with E-state index in [0.717, 1.165) is 35.0 Å². The van der Waals surface area contributed by atoms with Crippen molar-refractivity contribution in [3.63, 3.8) is 0 Å². The van der Waals surface area contributed by atoms with Gasteiger partial charge in [-0.3, -0.25) is 4.79 Å². The number of aromatic nitrogens is 2. The Kier molecular flexibility index (Phi) is 6.66. The standard InChI is InChI=1S/C20H18F3N3O3S/c1-12-5-3-8-16(13(12)2)28-10-18-25-26-19(29-18)30-11-17(27)24-15-7-4-6-14(9-15)20(21,22)23/h3-9H,10-11H2,1-2H3,(H,24,27). The van der Waals surface area contributed by atoms with Crippen molar-refractivity contribution in [3.8, 4) is 5.75 Å². The molecule has 0 aliphatic heterocycles. The number of aryl methyl sites for hydroxylation is 1. The van der Waals surface area contributed by atoms with Crippen LogP contribution in [-0.2, 0) is 17.6 Å². The second kappa shape index (κ2) is 9.21. The van der Waals surface area contributed by atoms with Gasteiger partial charge in [-0.25, -0.2) is 0 Å². The van der Waals surface area contributed by atoms with E-state index in [-0.39, 0.29) is 29.2 Å². The molecule has 3 rings (SSSR count). The molecule has 0 bridgehead atoms. The van der Waals surface area contributed by atoms with Crippen molar-refractivity contribution >= 4 is 23.4 Å². The van der Waals surface area contributed by atoms with Gasteiger partial charge in [-0.15, -0.1) is 10.2 Å². The first-order valence-corrected chi connectivity index (χ1v) is 9.82. The molecule has 1 heterocycles. The summed E-state index contributed by atoms with van der Waals surface area (Å²) in [5.41, 5.74) is 1.33. The van der Waals surface area contributed by atoms with Crippen LogP contribution in [0.15, 0.2) is 52.1 Å². The molecule has 6 nitrogen and oxygen atoms in total. The minimum absolute atomic E-state index is 0.0589. The highest BCUT2D eigenvalue weighted by Gasteiger charge is 2.30. The molecule has 30 heavy (non-hydrogen) atoms. The molecular weight excluding hydrogens is 419 g/mol. The molecule has 0 saturated heterocycles. The normalized spacial score (nSPS) is 11.4. The van der Waals surface area contributed by atoms with Gasteiger partial charge >= 0.3 is 6.18 Å². The molecule has 1 amide bonds. The van der Waals surface area contributed by atoms with Gasteiger partial charge < -0.3 is 14.5 Å². The van der Waals surface area contributed by atoms with Crippen LogP contribution in [0.25, 0.3) is 0 Å². The number of nitrogens with zero attached hydrogens (tertiary/aromatic N) is 2. The predicted molar refractivity (Wildman–Crippen MR) is 105 cm³/mol. The first-order chi connectivity index (χ1) is 14.2. The summed E-state index contributed by atoms with van der Waals surface area (Å²) in [7, 11) is 0. The molecule has 0 saturated carbocycles. The van der Waals surface area contributed by atoms with E-state index in [2.05, 4.69) is 15.5 Å². The number of carbonyl (C=O) groups excluding carboxylic acids is 1. The molecule has 0 spiro atoms. The van der Waals surface area contributed by atoms with Gasteiger partial charge in [0.05, 0.1) is 11.3 Å². The third kappa shape index (κ3) is 5.76. The summed E-state index contributed by atoms with van der Waals surface area (Å²) in [6.07, 6.45) is -4.48. The lowest BCUT2D eigenvalue weighted by Gasteiger charge is -2.09. The van der Waals surface area contributed by atoms with Gasteiger partial charge in [0.2, 0.25) is 5.91 Å². The van der Waals surface area contributed by atoms with Crippen LogP contribution in [-0.4, -0.2) is 21.9 Å². The number of ether oxygens (including phenoxy) is 1.